The highest BCUT2D eigenvalue weighted by Gasteiger charge is 2.28. The van der Waals surface area contributed by atoms with Crippen LogP contribution in [0.2, 0.25) is 0 Å². The molecule has 0 radical (unpaired) electrons. The summed E-state index contributed by atoms with van der Waals surface area (Å²) in [5.41, 5.74) is 8.96. The van der Waals surface area contributed by atoms with E-state index in [9.17, 15) is 4.79 Å². The van der Waals surface area contributed by atoms with Crippen LogP contribution in [0.5, 0.6) is 0 Å². The van der Waals surface area contributed by atoms with Crippen molar-refractivity contribution in [1.29, 1.82) is 0 Å². The van der Waals surface area contributed by atoms with Crippen molar-refractivity contribution < 1.29 is 9.21 Å². The minimum absolute atomic E-state index is 0.0309. The number of piperidine rings is 1. The summed E-state index contributed by atoms with van der Waals surface area (Å²) in [5, 5.41) is 0.989. The van der Waals surface area contributed by atoms with E-state index >= 15 is 0 Å². The van der Waals surface area contributed by atoms with Crippen molar-refractivity contribution in [2.45, 2.75) is 39.2 Å². The Balaban J connectivity index is 1.93. The summed E-state index contributed by atoms with van der Waals surface area (Å²) in [6.45, 7) is 5.41. The number of aryl methyl sites for hydroxylation is 2. The van der Waals surface area contributed by atoms with E-state index < -0.39 is 0 Å². The van der Waals surface area contributed by atoms with Crippen molar-refractivity contribution in [2.24, 2.45) is 5.73 Å². The summed E-state index contributed by atoms with van der Waals surface area (Å²) < 4.78 is 5.78. The Kier molecular flexibility index (Phi) is 3.72. The summed E-state index contributed by atoms with van der Waals surface area (Å²) in [4.78, 5) is 14.6. The van der Waals surface area contributed by atoms with Crippen LogP contribution in [0.4, 0.5) is 0 Å². The molecule has 0 spiro atoms. The zero-order chi connectivity index (χ0) is 15.0. The lowest BCUT2D eigenvalue weighted by Gasteiger charge is -2.34. The number of nitrogens with zero attached hydrogens (tertiary/aromatic N) is 1. The Morgan fingerprint density at radius 2 is 2.05 bits per heavy atom. The molecule has 0 aliphatic carbocycles. The van der Waals surface area contributed by atoms with Crippen LogP contribution in [0, 0.1) is 13.8 Å². The lowest BCUT2D eigenvalue weighted by molar-refractivity contribution is 0.0593. The third-order valence-corrected chi connectivity index (χ3v) is 4.50. The van der Waals surface area contributed by atoms with E-state index in [0.29, 0.717) is 12.3 Å². The third-order valence-electron chi connectivity index (χ3n) is 4.50. The van der Waals surface area contributed by atoms with Gasteiger partial charge in [-0.1, -0.05) is 0 Å². The van der Waals surface area contributed by atoms with Gasteiger partial charge in [-0.3, -0.25) is 4.79 Å². The van der Waals surface area contributed by atoms with Gasteiger partial charge in [-0.15, -0.1) is 0 Å². The maximum absolute atomic E-state index is 12.7. The molecule has 1 aliphatic heterocycles. The molecule has 2 aromatic rings. The van der Waals surface area contributed by atoms with Gasteiger partial charge in [0.15, 0.2) is 5.76 Å². The highest BCUT2D eigenvalue weighted by atomic mass is 16.3. The number of hydrogen-bond donors (Lipinski definition) is 1. The minimum Gasteiger partial charge on any atom is -0.451 e. The Bertz CT molecular complexity index is 636. The molecule has 1 atom stereocenters. The molecule has 1 unspecified atom stereocenters. The first-order valence-electron chi connectivity index (χ1n) is 7.62. The fourth-order valence-electron chi connectivity index (χ4n) is 3.06. The van der Waals surface area contributed by atoms with Crippen LogP contribution in [0.25, 0.3) is 11.0 Å². The first-order valence-corrected chi connectivity index (χ1v) is 7.62. The quantitative estimate of drug-likeness (QED) is 0.923. The summed E-state index contributed by atoms with van der Waals surface area (Å²) >= 11 is 0. The number of carbonyl (C=O) groups excluding carboxylic acids is 1. The Hall–Kier alpha value is -1.81. The molecule has 1 saturated heterocycles. The lowest BCUT2D eigenvalue weighted by Crippen LogP contribution is -2.47. The van der Waals surface area contributed by atoms with Crippen molar-refractivity contribution in [2.75, 3.05) is 13.1 Å². The number of benzene rings is 1. The molecule has 0 bridgehead atoms. The first kappa shape index (κ1) is 14.1. The van der Waals surface area contributed by atoms with E-state index in [0.717, 1.165) is 36.8 Å². The highest BCUT2D eigenvalue weighted by Crippen LogP contribution is 2.26. The Morgan fingerprint density at radius 1 is 1.29 bits per heavy atom. The monoisotopic (exact) mass is 286 g/mol. The molecular weight excluding hydrogens is 264 g/mol. The van der Waals surface area contributed by atoms with E-state index in [4.69, 9.17) is 10.2 Å². The topological polar surface area (TPSA) is 59.5 Å². The third kappa shape index (κ3) is 2.56. The number of likely N-dealkylation sites (tertiary alicyclic amines) is 1. The summed E-state index contributed by atoms with van der Waals surface area (Å²) in [7, 11) is 0. The fraction of sp³-hybridized carbons (Fsp3) is 0.471. The number of amides is 1. The molecule has 4 nitrogen and oxygen atoms in total. The maximum atomic E-state index is 12.7. The zero-order valence-electron chi connectivity index (χ0n) is 12.7. The molecule has 2 heterocycles. The van der Waals surface area contributed by atoms with E-state index in [2.05, 4.69) is 13.0 Å². The number of fused-ring (bicyclic) bond motifs is 1. The van der Waals surface area contributed by atoms with Crippen LogP contribution < -0.4 is 5.73 Å². The van der Waals surface area contributed by atoms with Gasteiger partial charge in [0.25, 0.3) is 5.91 Å². The van der Waals surface area contributed by atoms with Gasteiger partial charge in [-0.25, -0.2) is 0 Å². The van der Waals surface area contributed by atoms with Crippen molar-refractivity contribution in [3.63, 3.8) is 0 Å². The average Bonchev–Trinajstić information content (AvgIpc) is 2.89. The second-order valence-corrected chi connectivity index (χ2v) is 5.97. The number of carbonyl (C=O) groups is 1. The van der Waals surface area contributed by atoms with E-state index in [1.54, 1.807) is 0 Å². The fourth-order valence-corrected chi connectivity index (χ4v) is 3.06. The number of nitrogens with two attached hydrogens (primary N) is 1. The molecule has 1 aliphatic rings. The van der Waals surface area contributed by atoms with E-state index in [-0.39, 0.29) is 11.9 Å². The molecule has 1 aromatic carbocycles. The van der Waals surface area contributed by atoms with Gasteiger partial charge in [-0.2, -0.15) is 0 Å². The number of furan rings is 1. The molecule has 112 valence electrons. The summed E-state index contributed by atoms with van der Waals surface area (Å²) in [6, 6.07) is 6.06. The van der Waals surface area contributed by atoms with Crippen LogP contribution in [-0.4, -0.2) is 29.9 Å². The highest BCUT2D eigenvalue weighted by molar-refractivity contribution is 5.96. The normalized spacial score (nSPS) is 19.2. The van der Waals surface area contributed by atoms with Gasteiger partial charge in [-0.05, 0) is 62.4 Å². The predicted molar refractivity (Wildman–Crippen MR) is 83.4 cm³/mol. The number of rotatable bonds is 2. The standard InChI is InChI=1S/C17H22N2O2/c1-11-7-13-9-16(21-15(13)8-12(11)2)17(20)19-6-4-3-5-14(19)10-18/h7-9,14H,3-6,10,18H2,1-2H3. The van der Waals surface area contributed by atoms with Crippen LogP contribution in [0.15, 0.2) is 22.6 Å². The Morgan fingerprint density at radius 3 is 2.81 bits per heavy atom. The van der Waals surface area contributed by atoms with Crippen LogP contribution in [0.1, 0.15) is 40.9 Å². The maximum Gasteiger partial charge on any atom is 0.289 e. The number of hydrogen-bond acceptors (Lipinski definition) is 3. The van der Waals surface area contributed by atoms with E-state index in [1.165, 1.54) is 11.1 Å². The van der Waals surface area contributed by atoms with Gasteiger partial charge < -0.3 is 15.1 Å². The SMILES string of the molecule is Cc1cc2cc(C(=O)N3CCCCC3CN)oc2cc1C. The van der Waals surface area contributed by atoms with Crippen molar-refractivity contribution >= 4 is 16.9 Å². The lowest BCUT2D eigenvalue weighted by atomic mass is 10.0. The van der Waals surface area contributed by atoms with Crippen molar-refractivity contribution in [1.82, 2.24) is 4.90 Å². The molecular formula is C17H22N2O2. The smallest absolute Gasteiger partial charge is 0.289 e. The van der Waals surface area contributed by atoms with Crippen LogP contribution in [0.3, 0.4) is 0 Å². The van der Waals surface area contributed by atoms with Crippen LogP contribution in [-0.2, 0) is 0 Å². The zero-order valence-corrected chi connectivity index (χ0v) is 12.7. The van der Waals surface area contributed by atoms with Crippen molar-refractivity contribution in [3.05, 3.63) is 35.1 Å². The minimum atomic E-state index is -0.0309. The van der Waals surface area contributed by atoms with Gasteiger partial charge in [0.1, 0.15) is 5.58 Å². The second-order valence-electron chi connectivity index (χ2n) is 5.97. The molecule has 1 fully saturated rings. The second kappa shape index (κ2) is 5.53. The summed E-state index contributed by atoms with van der Waals surface area (Å²) in [5.74, 6) is 0.395. The first-order chi connectivity index (χ1) is 10.1. The van der Waals surface area contributed by atoms with Gasteiger partial charge in [0.05, 0.1) is 0 Å². The van der Waals surface area contributed by atoms with E-state index in [1.807, 2.05) is 24.0 Å². The molecule has 21 heavy (non-hydrogen) atoms. The Labute approximate surface area is 124 Å². The molecule has 1 amide bonds. The van der Waals surface area contributed by atoms with Crippen LogP contribution >= 0.6 is 0 Å². The molecule has 4 heteroatoms. The van der Waals surface area contributed by atoms with Gasteiger partial charge in [0.2, 0.25) is 0 Å². The summed E-state index contributed by atoms with van der Waals surface area (Å²) in [6.07, 6.45) is 3.17. The largest absolute Gasteiger partial charge is 0.451 e. The predicted octanol–water partition coefficient (Wildman–Crippen LogP) is 3.00. The molecule has 1 aromatic heterocycles. The molecule has 0 saturated carbocycles. The molecule has 3 rings (SSSR count). The van der Waals surface area contributed by atoms with Crippen molar-refractivity contribution in [3.8, 4) is 0 Å². The van der Waals surface area contributed by atoms with Gasteiger partial charge in [0, 0.05) is 24.5 Å². The average molecular weight is 286 g/mol. The molecule has 2 N–H and O–H groups in total. The van der Waals surface area contributed by atoms with Gasteiger partial charge >= 0.3 is 0 Å².